The van der Waals surface area contributed by atoms with Gasteiger partial charge in [0.1, 0.15) is 0 Å². The molecule has 0 aliphatic rings. The molecule has 0 fully saturated rings. The van der Waals surface area contributed by atoms with Gasteiger partial charge in [0, 0.05) is 11.6 Å². The second-order valence-corrected chi connectivity index (χ2v) is 9.47. The molecule has 1 amide bonds. The smallest absolute Gasteiger partial charge is 0.261 e. The van der Waals surface area contributed by atoms with Crippen molar-refractivity contribution in [2.75, 3.05) is 4.72 Å². The first-order chi connectivity index (χ1) is 14.8. The Morgan fingerprint density at radius 1 is 0.968 bits per heavy atom. The monoisotopic (exact) mass is 436 g/mol. The van der Waals surface area contributed by atoms with E-state index in [0.29, 0.717) is 12.1 Å². The lowest BCUT2D eigenvalue weighted by Crippen LogP contribution is -2.24. The standard InChI is InChI=1S/C25H28N2O3S/c1-3-5-22(25(26)28)16-19-10-12-20(13-11-19)21-6-4-7-23(17-21)27-31(29,30)24-14-8-18(2)9-15-24/h4,6-15,17,22,27H,3,5,16H2,1-2H3,(H2,26,28). The van der Waals surface area contributed by atoms with Gasteiger partial charge < -0.3 is 5.73 Å². The number of benzene rings is 3. The molecule has 3 aromatic rings. The summed E-state index contributed by atoms with van der Waals surface area (Å²) in [6.45, 7) is 3.95. The summed E-state index contributed by atoms with van der Waals surface area (Å²) < 4.78 is 28.0. The van der Waals surface area contributed by atoms with Crippen LogP contribution in [0.25, 0.3) is 11.1 Å². The van der Waals surface area contributed by atoms with Crippen LogP contribution in [0.15, 0.2) is 77.7 Å². The number of aryl methyl sites for hydroxylation is 1. The van der Waals surface area contributed by atoms with E-state index in [1.807, 2.05) is 56.3 Å². The molecular weight excluding hydrogens is 408 g/mol. The third kappa shape index (κ3) is 5.95. The summed E-state index contributed by atoms with van der Waals surface area (Å²) in [6, 6.07) is 22.0. The number of amides is 1. The minimum absolute atomic E-state index is 0.157. The van der Waals surface area contributed by atoms with Crippen LogP contribution in [-0.4, -0.2) is 14.3 Å². The van der Waals surface area contributed by atoms with E-state index < -0.39 is 10.0 Å². The highest BCUT2D eigenvalue weighted by Gasteiger charge is 2.16. The van der Waals surface area contributed by atoms with Gasteiger partial charge in [-0.25, -0.2) is 8.42 Å². The van der Waals surface area contributed by atoms with Gasteiger partial charge in [-0.15, -0.1) is 0 Å². The summed E-state index contributed by atoms with van der Waals surface area (Å²) in [6.07, 6.45) is 2.32. The molecule has 3 aromatic carbocycles. The average Bonchev–Trinajstić information content (AvgIpc) is 2.74. The van der Waals surface area contributed by atoms with Crippen LogP contribution in [0.1, 0.15) is 30.9 Å². The fourth-order valence-electron chi connectivity index (χ4n) is 3.50. The molecule has 1 atom stereocenters. The minimum Gasteiger partial charge on any atom is -0.369 e. The molecule has 3 rings (SSSR count). The van der Waals surface area contributed by atoms with E-state index in [1.54, 1.807) is 30.3 Å². The van der Waals surface area contributed by atoms with Gasteiger partial charge in [0.05, 0.1) is 4.90 Å². The van der Waals surface area contributed by atoms with Gasteiger partial charge in [-0.2, -0.15) is 0 Å². The molecule has 0 saturated carbocycles. The van der Waals surface area contributed by atoms with E-state index in [-0.39, 0.29) is 16.7 Å². The molecule has 0 spiro atoms. The molecule has 3 N–H and O–H groups in total. The topological polar surface area (TPSA) is 89.3 Å². The number of sulfonamides is 1. The lowest BCUT2D eigenvalue weighted by Gasteiger charge is -2.13. The average molecular weight is 437 g/mol. The number of nitrogens with two attached hydrogens (primary N) is 1. The first kappa shape index (κ1) is 22.6. The van der Waals surface area contributed by atoms with Crippen LogP contribution in [-0.2, 0) is 21.2 Å². The van der Waals surface area contributed by atoms with Crippen molar-refractivity contribution in [2.24, 2.45) is 11.7 Å². The predicted octanol–water partition coefficient (Wildman–Crippen LogP) is 4.91. The highest BCUT2D eigenvalue weighted by Crippen LogP contribution is 2.26. The molecule has 0 aliphatic heterocycles. The zero-order valence-electron chi connectivity index (χ0n) is 17.8. The molecule has 1 unspecified atom stereocenters. The third-order valence-corrected chi connectivity index (χ3v) is 6.65. The van der Waals surface area contributed by atoms with Gasteiger partial charge in [-0.3, -0.25) is 9.52 Å². The second-order valence-electron chi connectivity index (χ2n) is 7.79. The molecule has 6 heteroatoms. The normalized spacial score (nSPS) is 12.3. The van der Waals surface area contributed by atoms with Gasteiger partial charge in [0.2, 0.25) is 5.91 Å². The number of rotatable bonds is 9. The zero-order chi connectivity index (χ0) is 22.4. The van der Waals surface area contributed by atoms with Gasteiger partial charge in [0.15, 0.2) is 0 Å². The van der Waals surface area contributed by atoms with Crippen LogP contribution in [0.3, 0.4) is 0 Å². The largest absolute Gasteiger partial charge is 0.369 e. The Balaban J connectivity index is 1.77. The van der Waals surface area contributed by atoms with E-state index >= 15 is 0 Å². The number of anilines is 1. The van der Waals surface area contributed by atoms with Crippen molar-refractivity contribution in [3.05, 3.63) is 83.9 Å². The van der Waals surface area contributed by atoms with Crippen molar-refractivity contribution in [3.8, 4) is 11.1 Å². The number of nitrogens with one attached hydrogen (secondary N) is 1. The molecule has 0 heterocycles. The van der Waals surface area contributed by atoms with Crippen molar-refractivity contribution >= 4 is 21.6 Å². The maximum atomic E-state index is 12.7. The SMILES string of the molecule is CCCC(Cc1ccc(-c2cccc(NS(=O)(=O)c3ccc(C)cc3)c2)cc1)C(N)=O. The van der Waals surface area contributed by atoms with Crippen molar-refractivity contribution in [3.63, 3.8) is 0 Å². The van der Waals surface area contributed by atoms with E-state index in [1.165, 1.54) is 0 Å². The summed E-state index contributed by atoms with van der Waals surface area (Å²) in [5.41, 5.74) is 9.93. The highest BCUT2D eigenvalue weighted by molar-refractivity contribution is 7.92. The third-order valence-electron chi connectivity index (χ3n) is 5.25. The number of carbonyl (C=O) groups excluding carboxylic acids is 1. The Bertz CT molecular complexity index is 1140. The molecule has 5 nitrogen and oxygen atoms in total. The summed E-state index contributed by atoms with van der Waals surface area (Å²) in [5, 5.41) is 0. The van der Waals surface area contributed by atoms with Crippen molar-refractivity contribution in [1.29, 1.82) is 0 Å². The lowest BCUT2D eigenvalue weighted by molar-refractivity contribution is -0.122. The fourth-order valence-corrected chi connectivity index (χ4v) is 4.55. The van der Waals surface area contributed by atoms with Crippen molar-refractivity contribution in [2.45, 2.75) is 38.0 Å². The number of primary amides is 1. The van der Waals surface area contributed by atoms with E-state index in [4.69, 9.17) is 5.73 Å². The molecular formula is C25H28N2O3S. The van der Waals surface area contributed by atoms with Crippen molar-refractivity contribution in [1.82, 2.24) is 0 Å². The Hall–Kier alpha value is -3.12. The highest BCUT2D eigenvalue weighted by atomic mass is 32.2. The Kier molecular flexibility index (Phi) is 7.13. The van der Waals surface area contributed by atoms with Gasteiger partial charge >= 0.3 is 0 Å². The zero-order valence-corrected chi connectivity index (χ0v) is 18.7. The van der Waals surface area contributed by atoms with Crippen LogP contribution < -0.4 is 10.5 Å². The van der Waals surface area contributed by atoms with Gasteiger partial charge in [-0.1, -0.05) is 67.4 Å². The van der Waals surface area contributed by atoms with Crippen LogP contribution >= 0.6 is 0 Å². The molecule has 0 saturated heterocycles. The number of hydrogen-bond acceptors (Lipinski definition) is 3. The second kappa shape index (κ2) is 9.79. The molecule has 162 valence electrons. The summed E-state index contributed by atoms with van der Waals surface area (Å²) in [4.78, 5) is 11.8. The Morgan fingerprint density at radius 2 is 1.65 bits per heavy atom. The summed E-state index contributed by atoms with van der Waals surface area (Å²) in [7, 11) is -3.66. The van der Waals surface area contributed by atoms with Crippen LogP contribution in [0.4, 0.5) is 5.69 Å². The molecule has 0 aliphatic carbocycles. The Morgan fingerprint density at radius 3 is 2.26 bits per heavy atom. The molecule has 0 aromatic heterocycles. The van der Waals surface area contributed by atoms with E-state index in [9.17, 15) is 13.2 Å². The van der Waals surface area contributed by atoms with Crippen LogP contribution in [0.2, 0.25) is 0 Å². The molecule has 0 radical (unpaired) electrons. The number of hydrogen-bond donors (Lipinski definition) is 2. The minimum atomic E-state index is -3.66. The fraction of sp³-hybridized carbons (Fsp3) is 0.240. The molecule has 31 heavy (non-hydrogen) atoms. The van der Waals surface area contributed by atoms with Crippen LogP contribution in [0.5, 0.6) is 0 Å². The Labute approximate surface area is 184 Å². The first-order valence-corrected chi connectivity index (χ1v) is 11.8. The maximum absolute atomic E-state index is 12.7. The predicted molar refractivity (Wildman–Crippen MR) is 125 cm³/mol. The van der Waals surface area contributed by atoms with E-state index in [2.05, 4.69) is 4.72 Å². The van der Waals surface area contributed by atoms with Crippen LogP contribution in [0, 0.1) is 12.8 Å². The van der Waals surface area contributed by atoms with E-state index in [0.717, 1.165) is 35.1 Å². The van der Waals surface area contributed by atoms with Crippen molar-refractivity contribution < 1.29 is 13.2 Å². The maximum Gasteiger partial charge on any atom is 0.261 e. The first-order valence-electron chi connectivity index (χ1n) is 10.4. The lowest BCUT2D eigenvalue weighted by atomic mass is 9.93. The number of carbonyl (C=O) groups is 1. The summed E-state index contributed by atoms with van der Waals surface area (Å²) >= 11 is 0. The quantitative estimate of drug-likeness (QED) is 0.500. The van der Waals surface area contributed by atoms with Gasteiger partial charge in [0.25, 0.3) is 10.0 Å². The summed E-state index contributed by atoms with van der Waals surface area (Å²) in [5.74, 6) is -0.421. The molecule has 0 bridgehead atoms. The van der Waals surface area contributed by atoms with Gasteiger partial charge in [-0.05, 0) is 60.7 Å².